The molecule has 2 heterocycles. The first-order chi connectivity index (χ1) is 10.1. The minimum Gasteiger partial charge on any atom is -0.384 e. The first-order valence-corrected chi connectivity index (χ1v) is 7.02. The van der Waals surface area contributed by atoms with Crippen LogP contribution in [-0.4, -0.2) is 22.4 Å². The Hall–Kier alpha value is -2.43. The zero-order valence-corrected chi connectivity index (χ0v) is 12.3. The molecule has 5 heteroatoms. The van der Waals surface area contributed by atoms with Gasteiger partial charge in [-0.2, -0.15) is 0 Å². The minimum absolute atomic E-state index is 0.186. The highest BCUT2D eigenvalue weighted by atomic mass is 16.1. The summed E-state index contributed by atoms with van der Waals surface area (Å²) in [6, 6.07) is 7.35. The predicted octanol–water partition coefficient (Wildman–Crippen LogP) is 2.47. The third kappa shape index (κ3) is 4.87. The molecule has 0 aromatic carbocycles. The smallest absolute Gasteiger partial charge is 0.270 e. The largest absolute Gasteiger partial charge is 0.384 e. The fourth-order valence-electron chi connectivity index (χ4n) is 1.73. The van der Waals surface area contributed by atoms with Crippen LogP contribution in [0, 0.1) is 5.92 Å². The quantitative estimate of drug-likeness (QED) is 0.855. The topological polar surface area (TPSA) is 66.9 Å². The summed E-state index contributed by atoms with van der Waals surface area (Å²) in [5.74, 6) is 0.377. The van der Waals surface area contributed by atoms with Gasteiger partial charge in [0.05, 0.1) is 11.9 Å². The average molecular weight is 284 g/mol. The number of anilines is 1. The molecule has 0 spiro atoms. The number of rotatable bonds is 6. The van der Waals surface area contributed by atoms with E-state index in [0.29, 0.717) is 18.2 Å². The van der Waals surface area contributed by atoms with Crippen molar-refractivity contribution in [2.24, 2.45) is 5.92 Å². The Bertz CT molecular complexity index is 567. The summed E-state index contributed by atoms with van der Waals surface area (Å²) in [4.78, 5) is 20.2. The Morgan fingerprint density at radius 3 is 2.71 bits per heavy atom. The zero-order valence-electron chi connectivity index (χ0n) is 12.3. The molecule has 2 aromatic rings. The highest BCUT2D eigenvalue weighted by Gasteiger charge is 2.06. The fraction of sp³-hybridized carbons (Fsp3) is 0.312. The molecule has 0 aliphatic carbocycles. The van der Waals surface area contributed by atoms with E-state index in [0.717, 1.165) is 17.8 Å². The molecule has 0 aliphatic heterocycles. The fourth-order valence-corrected chi connectivity index (χ4v) is 1.73. The Balaban J connectivity index is 1.88. The molecule has 0 aliphatic rings. The van der Waals surface area contributed by atoms with Crippen molar-refractivity contribution < 1.29 is 4.79 Å². The van der Waals surface area contributed by atoms with Crippen LogP contribution < -0.4 is 10.6 Å². The molecule has 5 nitrogen and oxygen atoms in total. The summed E-state index contributed by atoms with van der Waals surface area (Å²) < 4.78 is 0. The molecule has 2 N–H and O–H groups in total. The van der Waals surface area contributed by atoms with Crippen molar-refractivity contribution in [1.82, 2.24) is 15.3 Å². The maximum atomic E-state index is 12.0. The van der Waals surface area contributed by atoms with Gasteiger partial charge >= 0.3 is 0 Å². The molecule has 2 rings (SSSR count). The lowest BCUT2D eigenvalue weighted by molar-refractivity contribution is 0.0946. The third-order valence-electron chi connectivity index (χ3n) is 2.89. The number of pyridine rings is 2. The lowest BCUT2D eigenvalue weighted by Gasteiger charge is -2.09. The number of carbonyl (C=O) groups is 1. The number of amides is 1. The SMILES string of the molecule is CC(C)CNc1ccc(C(=O)NCc2cccnc2)nc1. The van der Waals surface area contributed by atoms with Gasteiger partial charge in [0.25, 0.3) is 5.91 Å². The number of carbonyl (C=O) groups excluding carboxylic acids is 1. The summed E-state index contributed by atoms with van der Waals surface area (Å²) in [5.41, 5.74) is 2.29. The second-order valence-electron chi connectivity index (χ2n) is 5.25. The molecule has 0 fully saturated rings. The van der Waals surface area contributed by atoms with Crippen LogP contribution >= 0.6 is 0 Å². The van der Waals surface area contributed by atoms with Crippen LogP contribution in [0.5, 0.6) is 0 Å². The maximum Gasteiger partial charge on any atom is 0.270 e. The van der Waals surface area contributed by atoms with Crippen molar-refractivity contribution in [3.8, 4) is 0 Å². The van der Waals surface area contributed by atoms with Gasteiger partial charge in [-0.15, -0.1) is 0 Å². The van der Waals surface area contributed by atoms with Crippen LogP contribution in [0.1, 0.15) is 29.9 Å². The number of hydrogen-bond acceptors (Lipinski definition) is 4. The van der Waals surface area contributed by atoms with E-state index in [1.54, 1.807) is 24.7 Å². The van der Waals surface area contributed by atoms with E-state index in [1.165, 1.54) is 0 Å². The molecule has 21 heavy (non-hydrogen) atoms. The second-order valence-corrected chi connectivity index (χ2v) is 5.25. The van der Waals surface area contributed by atoms with Crippen LogP contribution in [0.3, 0.4) is 0 Å². The molecular weight excluding hydrogens is 264 g/mol. The number of aromatic nitrogens is 2. The standard InChI is InChI=1S/C16H20N4O/c1-12(2)8-18-14-5-6-15(19-11-14)16(21)20-10-13-4-3-7-17-9-13/h3-7,9,11-12,18H,8,10H2,1-2H3,(H,20,21). The van der Waals surface area contributed by atoms with Crippen molar-refractivity contribution in [2.75, 3.05) is 11.9 Å². The van der Waals surface area contributed by atoms with Crippen molar-refractivity contribution in [1.29, 1.82) is 0 Å². The summed E-state index contributed by atoms with van der Waals surface area (Å²) >= 11 is 0. The molecule has 1 amide bonds. The van der Waals surface area contributed by atoms with E-state index in [-0.39, 0.29) is 5.91 Å². The molecule has 110 valence electrons. The molecule has 0 saturated carbocycles. The highest BCUT2D eigenvalue weighted by Crippen LogP contribution is 2.07. The molecule has 0 radical (unpaired) electrons. The van der Waals surface area contributed by atoms with Crippen LogP contribution in [-0.2, 0) is 6.54 Å². The van der Waals surface area contributed by atoms with E-state index in [2.05, 4.69) is 34.4 Å². The van der Waals surface area contributed by atoms with Gasteiger partial charge in [0.1, 0.15) is 5.69 Å². The Kier molecular flexibility index (Phi) is 5.26. The molecule has 0 atom stereocenters. The first kappa shape index (κ1) is 15.0. The van der Waals surface area contributed by atoms with Gasteiger partial charge in [-0.25, -0.2) is 4.98 Å². The van der Waals surface area contributed by atoms with Gasteiger partial charge in [-0.05, 0) is 29.7 Å². The Morgan fingerprint density at radius 1 is 1.24 bits per heavy atom. The number of nitrogens with one attached hydrogen (secondary N) is 2. The van der Waals surface area contributed by atoms with E-state index in [4.69, 9.17) is 0 Å². The predicted molar refractivity (Wildman–Crippen MR) is 83.0 cm³/mol. The lowest BCUT2D eigenvalue weighted by Crippen LogP contribution is -2.23. The third-order valence-corrected chi connectivity index (χ3v) is 2.89. The van der Waals surface area contributed by atoms with Crippen molar-refractivity contribution in [3.63, 3.8) is 0 Å². The van der Waals surface area contributed by atoms with Crippen LogP contribution in [0.4, 0.5) is 5.69 Å². The van der Waals surface area contributed by atoms with Gasteiger partial charge in [0.15, 0.2) is 0 Å². The minimum atomic E-state index is -0.186. The van der Waals surface area contributed by atoms with Gasteiger partial charge in [0.2, 0.25) is 0 Å². The van der Waals surface area contributed by atoms with Crippen molar-refractivity contribution in [2.45, 2.75) is 20.4 Å². The normalized spacial score (nSPS) is 10.4. The number of hydrogen-bond donors (Lipinski definition) is 2. The van der Waals surface area contributed by atoms with Crippen molar-refractivity contribution in [3.05, 3.63) is 54.1 Å². The molecule has 0 saturated heterocycles. The zero-order chi connectivity index (χ0) is 15.1. The lowest BCUT2D eigenvalue weighted by atomic mass is 10.2. The van der Waals surface area contributed by atoms with Crippen molar-refractivity contribution >= 4 is 11.6 Å². The van der Waals surface area contributed by atoms with Gasteiger partial charge < -0.3 is 10.6 Å². The van der Waals surface area contributed by atoms with E-state index in [9.17, 15) is 4.79 Å². The first-order valence-electron chi connectivity index (χ1n) is 7.02. The number of nitrogens with zero attached hydrogens (tertiary/aromatic N) is 2. The van der Waals surface area contributed by atoms with E-state index < -0.39 is 0 Å². The summed E-state index contributed by atoms with van der Waals surface area (Å²) in [6.07, 6.45) is 5.11. The van der Waals surface area contributed by atoms with Gasteiger partial charge in [-0.3, -0.25) is 9.78 Å². The monoisotopic (exact) mass is 284 g/mol. The van der Waals surface area contributed by atoms with Crippen LogP contribution in [0.15, 0.2) is 42.9 Å². The maximum absolute atomic E-state index is 12.0. The van der Waals surface area contributed by atoms with Gasteiger partial charge in [0, 0.05) is 25.5 Å². The van der Waals surface area contributed by atoms with Crippen LogP contribution in [0.2, 0.25) is 0 Å². The molecular formula is C16H20N4O. The molecule has 2 aromatic heterocycles. The second kappa shape index (κ2) is 7.38. The molecule has 0 unspecified atom stereocenters. The summed E-state index contributed by atoms with van der Waals surface area (Å²) in [5, 5.41) is 6.09. The summed E-state index contributed by atoms with van der Waals surface area (Å²) in [7, 11) is 0. The van der Waals surface area contributed by atoms with E-state index >= 15 is 0 Å². The average Bonchev–Trinajstić information content (AvgIpc) is 2.52. The molecule has 0 bridgehead atoms. The highest BCUT2D eigenvalue weighted by molar-refractivity contribution is 5.92. The summed E-state index contributed by atoms with van der Waals surface area (Å²) in [6.45, 7) is 5.61. The van der Waals surface area contributed by atoms with Gasteiger partial charge in [-0.1, -0.05) is 19.9 Å². The van der Waals surface area contributed by atoms with Crippen LogP contribution in [0.25, 0.3) is 0 Å². The van der Waals surface area contributed by atoms with E-state index in [1.807, 2.05) is 18.2 Å². The Morgan fingerprint density at radius 2 is 2.10 bits per heavy atom. The Labute approximate surface area is 124 Å².